The summed E-state index contributed by atoms with van der Waals surface area (Å²) < 4.78 is 10.6. The molecule has 0 aliphatic carbocycles. The Morgan fingerprint density at radius 3 is 2.65 bits per heavy atom. The lowest BCUT2D eigenvalue weighted by molar-refractivity contribution is -0.121. The lowest BCUT2D eigenvalue weighted by Crippen LogP contribution is -2.29. The molecule has 3 rings (SSSR count). The van der Waals surface area contributed by atoms with Crippen molar-refractivity contribution in [2.24, 2.45) is 0 Å². The molecule has 2 amide bonds. The predicted octanol–water partition coefficient (Wildman–Crippen LogP) is 2.80. The van der Waals surface area contributed by atoms with Crippen LogP contribution in [0, 0.1) is 0 Å². The number of hydrogen-bond acceptors (Lipinski definition) is 4. The van der Waals surface area contributed by atoms with Crippen molar-refractivity contribution >= 4 is 11.8 Å². The number of nitrogens with one attached hydrogen (secondary N) is 2. The van der Waals surface area contributed by atoms with Crippen LogP contribution in [0.15, 0.2) is 48.5 Å². The summed E-state index contributed by atoms with van der Waals surface area (Å²) in [6, 6.07) is 14.5. The molecule has 1 heterocycles. The standard InChI is InChI=1S/C20H22N2O4/c1-14(16-9-10-17-18(12-16)26-13-25-17)22-19(23)8-5-11-21-20(24)15-6-3-2-4-7-15/h2-4,6-7,9-10,12,14H,5,8,11,13H2,1H3,(H,21,24)(H,22,23). The molecule has 0 bridgehead atoms. The van der Waals surface area contributed by atoms with Crippen molar-refractivity contribution in [1.82, 2.24) is 10.6 Å². The number of carbonyl (C=O) groups is 2. The molecular weight excluding hydrogens is 332 g/mol. The van der Waals surface area contributed by atoms with Crippen LogP contribution >= 0.6 is 0 Å². The van der Waals surface area contributed by atoms with Gasteiger partial charge in [0.25, 0.3) is 5.91 Å². The monoisotopic (exact) mass is 354 g/mol. The molecule has 6 nitrogen and oxygen atoms in total. The second-order valence-corrected chi connectivity index (χ2v) is 6.13. The zero-order valence-electron chi connectivity index (χ0n) is 14.7. The third-order valence-corrected chi connectivity index (χ3v) is 4.18. The summed E-state index contributed by atoms with van der Waals surface area (Å²) in [4.78, 5) is 24.0. The molecule has 26 heavy (non-hydrogen) atoms. The Morgan fingerprint density at radius 1 is 1.08 bits per heavy atom. The van der Waals surface area contributed by atoms with Gasteiger partial charge in [-0.2, -0.15) is 0 Å². The van der Waals surface area contributed by atoms with E-state index in [2.05, 4.69) is 10.6 Å². The highest BCUT2D eigenvalue weighted by molar-refractivity contribution is 5.94. The fraction of sp³-hybridized carbons (Fsp3) is 0.300. The second-order valence-electron chi connectivity index (χ2n) is 6.13. The fourth-order valence-electron chi connectivity index (χ4n) is 2.72. The molecule has 1 aliphatic rings. The van der Waals surface area contributed by atoms with Crippen molar-refractivity contribution < 1.29 is 19.1 Å². The maximum atomic E-state index is 12.1. The van der Waals surface area contributed by atoms with E-state index in [9.17, 15) is 9.59 Å². The largest absolute Gasteiger partial charge is 0.454 e. The van der Waals surface area contributed by atoms with Crippen LogP contribution in [0.5, 0.6) is 11.5 Å². The molecule has 0 radical (unpaired) electrons. The van der Waals surface area contributed by atoms with Gasteiger partial charge in [-0.15, -0.1) is 0 Å². The van der Waals surface area contributed by atoms with Crippen LogP contribution in [0.25, 0.3) is 0 Å². The van der Waals surface area contributed by atoms with Gasteiger partial charge in [-0.1, -0.05) is 24.3 Å². The van der Waals surface area contributed by atoms with E-state index in [0.29, 0.717) is 30.7 Å². The molecule has 0 spiro atoms. The number of carbonyl (C=O) groups excluding carboxylic acids is 2. The first-order valence-electron chi connectivity index (χ1n) is 8.65. The maximum absolute atomic E-state index is 12.1. The van der Waals surface area contributed by atoms with Gasteiger partial charge in [0.05, 0.1) is 6.04 Å². The minimum atomic E-state index is -0.129. The third-order valence-electron chi connectivity index (χ3n) is 4.18. The highest BCUT2D eigenvalue weighted by Gasteiger charge is 2.16. The summed E-state index contributed by atoms with van der Waals surface area (Å²) in [7, 11) is 0. The van der Waals surface area contributed by atoms with Gasteiger partial charge in [0, 0.05) is 18.5 Å². The zero-order chi connectivity index (χ0) is 18.4. The number of amides is 2. The Labute approximate surface area is 152 Å². The molecule has 1 atom stereocenters. The molecule has 1 aliphatic heterocycles. The van der Waals surface area contributed by atoms with Crippen molar-refractivity contribution in [2.45, 2.75) is 25.8 Å². The second kappa shape index (κ2) is 8.38. The van der Waals surface area contributed by atoms with Crippen molar-refractivity contribution in [3.8, 4) is 11.5 Å². The molecule has 0 aromatic heterocycles. The van der Waals surface area contributed by atoms with Gasteiger partial charge < -0.3 is 20.1 Å². The van der Waals surface area contributed by atoms with E-state index in [0.717, 1.165) is 11.3 Å². The van der Waals surface area contributed by atoms with E-state index in [-0.39, 0.29) is 24.6 Å². The van der Waals surface area contributed by atoms with Crippen molar-refractivity contribution in [3.05, 3.63) is 59.7 Å². The third kappa shape index (κ3) is 4.53. The molecule has 0 fully saturated rings. The Kier molecular flexibility index (Phi) is 5.73. The summed E-state index contributed by atoms with van der Waals surface area (Å²) in [5, 5.41) is 5.78. The number of rotatable bonds is 7. The van der Waals surface area contributed by atoms with Crippen LogP contribution in [0.1, 0.15) is 41.7 Å². The molecule has 136 valence electrons. The smallest absolute Gasteiger partial charge is 0.251 e. The molecule has 2 N–H and O–H groups in total. The normalized spacial score (nSPS) is 13.1. The van der Waals surface area contributed by atoms with Crippen LogP contribution in [0.2, 0.25) is 0 Å². The van der Waals surface area contributed by atoms with Gasteiger partial charge in [0.15, 0.2) is 11.5 Å². The maximum Gasteiger partial charge on any atom is 0.251 e. The zero-order valence-corrected chi connectivity index (χ0v) is 14.7. The number of fused-ring (bicyclic) bond motifs is 1. The van der Waals surface area contributed by atoms with Gasteiger partial charge in [0.2, 0.25) is 12.7 Å². The van der Waals surface area contributed by atoms with Gasteiger partial charge in [-0.05, 0) is 43.2 Å². The van der Waals surface area contributed by atoms with E-state index in [4.69, 9.17) is 9.47 Å². The quantitative estimate of drug-likeness (QED) is 0.750. The Hall–Kier alpha value is -3.02. The van der Waals surface area contributed by atoms with Crippen molar-refractivity contribution in [1.29, 1.82) is 0 Å². The summed E-state index contributed by atoms with van der Waals surface area (Å²) in [6.07, 6.45) is 0.933. The highest BCUT2D eigenvalue weighted by atomic mass is 16.7. The van der Waals surface area contributed by atoms with Crippen molar-refractivity contribution in [2.75, 3.05) is 13.3 Å². The fourth-order valence-corrected chi connectivity index (χ4v) is 2.72. The first kappa shape index (κ1) is 17.8. The molecule has 2 aromatic carbocycles. The van der Waals surface area contributed by atoms with E-state index >= 15 is 0 Å². The lowest BCUT2D eigenvalue weighted by Gasteiger charge is -2.15. The predicted molar refractivity (Wildman–Crippen MR) is 97.1 cm³/mol. The topological polar surface area (TPSA) is 76.7 Å². The minimum absolute atomic E-state index is 0.0517. The molecule has 0 saturated carbocycles. The molecule has 0 saturated heterocycles. The van der Waals surface area contributed by atoms with Gasteiger partial charge >= 0.3 is 0 Å². The van der Waals surface area contributed by atoms with E-state index in [1.807, 2.05) is 43.3 Å². The Bertz CT molecular complexity index is 777. The van der Waals surface area contributed by atoms with Crippen LogP contribution in [-0.2, 0) is 4.79 Å². The lowest BCUT2D eigenvalue weighted by atomic mass is 10.1. The van der Waals surface area contributed by atoms with Crippen LogP contribution in [-0.4, -0.2) is 25.2 Å². The summed E-state index contributed by atoms with van der Waals surface area (Å²) in [5.41, 5.74) is 1.58. The number of ether oxygens (including phenoxy) is 2. The van der Waals surface area contributed by atoms with E-state index in [1.165, 1.54) is 0 Å². The first-order valence-corrected chi connectivity index (χ1v) is 8.65. The highest BCUT2D eigenvalue weighted by Crippen LogP contribution is 2.34. The number of benzene rings is 2. The van der Waals surface area contributed by atoms with Crippen LogP contribution in [0.3, 0.4) is 0 Å². The average molecular weight is 354 g/mol. The summed E-state index contributed by atoms with van der Waals surface area (Å²) in [5.74, 6) is 1.25. The Morgan fingerprint density at radius 2 is 1.85 bits per heavy atom. The van der Waals surface area contributed by atoms with Gasteiger partial charge in [-0.3, -0.25) is 9.59 Å². The number of hydrogen-bond donors (Lipinski definition) is 2. The van der Waals surface area contributed by atoms with Crippen molar-refractivity contribution in [3.63, 3.8) is 0 Å². The minimum Gasteiger partial charge on any atom is -0.454 e. The molecule has 2 aromatic rings. The Balaban J connectivity index is 1.39. The van der Waals surface area contributed by atoms with Crippen LogP contribution in [0.4, 0.5) is 0 Å². The van der Waals surface area contributed by atoms with Gasteiger partial charge in [0.1, 0.15) is 0 Å². The van der Waals surface area contributed by atoms with Crippen LogP contribution < -0.4 is 20.1 Å². The summed E-state index contributed by atoms with van der Waals surface area (Å²) >= 11 is 0. The van der Waals surface area contributed by atoms with Gasteiger partial charge in [-0.25, -0.2) is 0 Å². The average Bonchev–Trinajstić information content (AvgIpc) is 3.13. The SMILES string of the molecule is CC(NC(=O)CCCNC(=O)c1ccccc1)c1ccc2c(c1)OCO2. The van der Waals surface area contributed by atoms with E-state index < -0.39 is 0 Å². The first-order chi connectivity index (χ1) is 12.6. The summed E-state index contributed by atoms with van der Waals surface area (Å²) in [6.45, 7) is 2.61. The molecule has 6 heteroatoms. The molecular formula is C20H22N2O4. The van der Waals surface area contributed by atoms with E-state index in [1.54, 1.807) is 12.1 Å². The molecule has 1 unspecified atom stereocenters.